The van der Waals surface area contributed by atoms with Crippen LogP contribution in [-0.4, -0.2) is 78.6 Å². The van der Waals surface area contributed by atoms with Crippen molar-refractivity contribution in [2.75, 3.05) is 50.5 Å². The molecule has 0 unspecified atom stereocenters. The molecule has 2 aromatic carbocycles. The molecular formula is C26H29N5O3S. The fourth-order valence-corrected chi connectivity index (χ4v) is 5.18. The number of benzene rings is 2. The molecule has 0 spiro atoms. The summed E-state index contributed by atoms with van der Waals surface area (Å²) in [6.45, 7) is 4.72. The molecule has 0 saturated carbocycles. The van der Waals surface area contributed by atoms with Crippen LogP contribution < -0.4 is 4.90 Å². The van der Waals surface area contributed by atoms with E-state index in [-0.39, 0.29) is 6.61 Å². The Morgan fingerprint density at radius 2 is 1.74 bits per heavy atom. The predicted octanol–water partition coefficient (Wildman–Crippen LogP) is 2.50. The molecule has 2 aromatic heterocycles. The van der Waals surface area contributed by atoms with E-state index in [9.17, 15) is 8.42 Å². The van der Waals surface area contributed by atoms with Gasteiger partial charge in [-0.3, -0.25) is 4.90 Å². The molecule has 9 heteroatoms. The Labute approximate surface area is 205 Å². The van der Waals surface area contributed by atoms with Crippen molar-refractivity contribution in [3.8, 4) is 11.1 Å². The van der Waals surface area contributed by atoms with E-state index in [4.69, 9.17) is 10.1 Å². The molecule has 3 heterocycles. The molecule has 35 heavy (non-hydrogen) atoms. The van der Waals surface area contributed by atoms with Crippen LogP contribution in [0.2, 0.25) is 0 Å². The lowest BCUT2D eigenvalue weighted by Crippen LogP contribution is -2.47. The van der Waals surface area contributed by atoms with E-state index in [1.54, 1.807) is 16.6 Å². The van der Waals surface area contributed by atoms with Crippen molar-refractivity contribution < 1.29 is 13.5 Å². The molecule has 8 nitrogen and oxygen atoms in total. The van der Waals surface area contributed by atoms with Crippen LogP contribution in [0.3, 0.4) is 0 Å². The molecular weight excluding hydrogens is 462 g/mol. The summed E-state index contributed by atoms with van der Waals surface area (Å²) in [4.78, 5) is 9.78. The van der Waals surface area contributed by atoms with Crippen molar-refractivity contribution >= 4 is 21.2 Å². The van der Waals surface area contributed by atoms with Crippen molar-refractivity contribution in [1.82, 2.24) is 19.5 Å². The van der Waals surface area contributed by atoms with Gasteiger partial charge in [0.2, 0.25) is 0 Å². The van der Waals surface area contributed by atoms with Gasteiger partial charge in [0.05, 0.1) is 11.5 Å². The van der Waals surface area contributed by atoms with E-state index >= 15 is 0 Å². The minimum absolute atomic E-state index is 0.204. The number of anilines is 1. The number of sulfone groups is 1. The SMILES string of the molecule is CS(=O)(=O)c1ccc(-c2cccn3nc(Cc4cccc(N5CCN(CCO)CC5)c4)nc23)cc1. The molecule has 1 saturated heterocycles. The van der Waals surface area contributed by atoms with E-state index < -0.39 is 9.84 Å². The lowest BCUT2D eigenvalue weighted by molar-refractivity contribution is 0.189. The highest BCUT2D eigenvalue weighted by Crippen LogP contribution is 2.26. The van der Waals surface area contributed by atoms with Gasteiger partial charge in [0.25, 0.3) is 0 Å². The van der Waals surface area contributed by atoms with Crippen LogP contribution in [-0.2, 0) is 16.3 Å². The van der Waals surface area contributed by atoms with Gasteiger partial charge in [0, 0.05) is 62.8 Å². The highest BCUT2D eigenvalue weighted by molar-refractivity contribution is 7.90. The number of fused-ring (bicyclic) bond motifs is 1. The molecule has 0 atom stereocenters. The van der Waals surface area contributed by atoms with Gasteiger partial charge in [-0.15, -0.1) is 0 Å². The summed E-state index contributed by atoms with van der Waals surface area (Å²) >= 11 is 0. The number of hydrogen-bond donors (Lipinski definition) is 1. The van der Waals surface area contributed by atoms with Gasteiger partial charge >= 0.3 is 0 Å². The summed E-state index contributed by atoms with van der Waals surface area (Å²) in [7, 11) is -3.24. The molecule has 1 N–H and O–H groups in total. The van der Waals surface area contributed by atoms with Crippen molar-refractivity contribution in [2.24, 2.45) is 0 Å². The van der Waals surface area contributed by atoms with E-state index in [2.05, 4.69) is 39.2 Å². The first-order valence-corrected chi connectivity index (χ1v) is 13.6. The third-order valence-corrected chi connectivity index (χ3v) is 7.55. The quantitative estimate of drug-likeness (QED) is 0.425. The minimum Gasteiger partial charge on any atom is -0.395 e. The summed E-state index contributed by atoms with van der Waals surface area (Å²) in [5.74, 6) is 0.732. The second-order valence-electron chi connectivity index (χ2n) is 8.91. The zero-order valence-electron chi connectivity index (χ0n) is 19.7. The van der Waals surface area contributed by atoms with Crippen LogP contribution in [0.25, 0.3) is 16.8 Å². The Morgan fingerprint density at radius 3 is 2.46 bits per heavy atom. The lowest BCUT2D eigenvalue weighted by atomic mass is 10.1. The maximum absolute atomic E-state index is 11.8. The number of hydrogen-bond acceptors (Lipinski definition) is 7. The highest BCUT2D eigenvalue weighted by atomic mass is 32.2. The van der Waals surface area contributed by atoms with E-state index in [0.29, 0.717) is 11.3 Å². The normalized spacial score (nSPS) is 15.1. The van der Waals surface area contributed by atoms with Gasteiger partial charge in [0.1, 0.15) is 0 Å². The van der Waals surface area contributed by atoms with Crippen LogP contribution in [0, 0.1) is 0 Å². The first kappa shape index (κ1) is 23.5. The van der Waals surface area contributed by atoms with Crippen LogP contribution in [0.15, 0.2) is 71.8 Å². The molecule has 0 aliphatic carbocycles. The first-order valence-electron chi connectivity index (χ1n) is 11.7. The zero-order chi connectivity index (χ0) is 24.4. The molecule has 182 valence electrons. The van der Waals surface area contributed by atoms with Gasteiger partial charge < -0.3 is 10.0 Å². The van der Waals surface area contributed by atoms with Crippen LogP contribution in [0.1, 0.15) is 11.4 Å². The Balaban J connectivity index is 1.36. The molecule has 0 bridgehead atoms. The van der Waals surface area contributed by atoms with Gasteiger partial charge in [-0.2, -0.15) is 5.10 Å². The van der Waals surface area contributed by atoms with Gasteiger partial charge in [0.15, 0.2) is 21.3 Å². The number of piperazine rings is 1. The molecule has 0 radical (unpaired) electrons. The second-order valence-corrected chi connectivity index (χ2v) is 10.9. The Bertz CT molecular complexity index is 1430. The number of aliphatic hydroxyl groups is 1. The summed E-state index contributed by atoms with van der Waals surface area (Å²) in [6, 6.07) is 19.3. The van der Waals surface area contributed by atoms with Gasteiger partial charge in [-0.1, -0.05) is 24.3 Å². The standard InChI is InChI=1S/C26H29N5O3S/c1-35(33,34)23-9-7-21(8-10-23)24-6-3-11-31-26(24)27-25(28-31)19-20-4-2-5-22(18-20)30-14-12-29(13-15-30)16-17-32/h2-11,18,32H,12-17,19H2,1H3. The third kappa shape index (κ3) is 5.22. The number of pyridine rings is 1. The monoisotopic (exact) mass is 491 g/mol. The fraction of sp³-hybridized carbons (Fsp3) is 0.308. The van der Waals surface area contributed by atoms with Crippen LogP contribution in [0.5, 0.6) is 0 Å². The maximum Gasteiger partial charge on any atom is 0.175 e. The summed E-state index contributed by atoms with van der Waals surface area (Å²) in [5, 5.41) is 13.9. The van der Waals surface area contributed by atoms with E-state index in [1.807, 2.05) is 30.5 Å². The molecule has 1 aliphatic rings. The van der Waals surface area contributed by atoms with Crippen molar-refractivity contribution in [1.29, 1.82) is 0 Å². The first-order chi connectivity index (χ1) is 16.9. The molecule has 0 amide bonds. The topological polar surface area (TPSA) is 91.0 Å². The van der Waals surface area contributed by atoms with Gasteiger partial charge in [-0.25, -0.2) is 17.9 Å². The van der Waals surface area contributed by atoms with Crippen LogP contribution in [0.4, 0.5) is 5.69 Å². The highest BCUT2D eigenvalue weighted by Gasteiger charge is 2.17. The Kier molecular flexibility index (Phi) is 6.55. The number of aromatic nitrogens is 3. The number of aliphatic hydroxyl groups excluding tert-OH is 1. The smallest absolute Gasteiger partial charge is 0.175 e. The maximum atomic E-state index is 11.8. The van der Waals surface area contributed by atoms with E-state index in [0.717, 1.165) is 60.9 Å². The Hall–Kier alpha value is -3.27. The van der Waals surface area contributed by atoms with Crippen molar-refractivity contribution in [2.45, 2.75) is 11.3 Å². The predicted molar refractivity (Wildman–Crippen MR) is 137 cm³/mol. The van der Waals surface area contributed by atoms with Crippen molar-refractivity contribution in [3.05, 3.63) is 78.2 Å². The summed E-state index contributed by atoms with van der Waals surface area (Å²) in [5.41, 5.74) is 4.88. The Morgan fingerprint density at radius 1 is 0.971 bits per heavy atom. The van der Waals surface area contributed by atoms with E-state index in [1.165, 1.54) is 11.9 Å². The molecule has 1 fully saturated rings. The molecule has 5 rings (SSSR count). The molecule has 4 aromatic rings. The fourth-order valence-electron chi connectivity index (χ4n) is 4.55. The number of β-amino-alcohol motifs (C(OH)–C–C–N with tert-alkyl or cyclic N) is 1. The molecule has 1 aliphatic heterocycles. The number of rotatable bonds is 7. The zero-order valence-corrected chi connectivity index (χ0v) is 20.5. The average molecular weight is 492 g/mol. The third-order valence-electron chi connectivity index (χ3n) is 6.43. The van der Waals surface area contributed by atoms with Crippen LogP contribution >= 0.6 is 0 Å². The van der Waals surface area contributed by atoms with Gasteiger partial charge in [-0.05, 0) is 47.5 Å². The lowest BCUT2D eigenvalue weighted by Gasteiger charge is -2.36. The average Bonchev–Trinajstić information content (AvgIpc) is 3.27. The number of nitrogens with zero attached hydrogens (tertiary/aromatic N) is 5. The second kappa shape index (κ2) is 9.77. The minimum atomic E-state index is -3.24. The summed E-state index contributed by atoms with van der Waals surface area (Å²) in [6.07, 6.45) is 3.70. The van der Waals surface area contributed by atoms with Crippen molar-refractivity contribution in [3.63, 3.8) is 0 Å². The largest absolute Gasteiger partial charge is 0.395 e. The summed E-state index contributed by atoms with van der Waals surface area (Å²) < 4.78 is 25.4.